The molecule has 1 aliphatic rings. The molecule has 3 rings (SSSR count). The molecule has 1 amide bonds. The van der Waals surface area contributed by atoms with E-state index in [1.807, 2.05) is 18.2 Å². The summed E-state index contributed by atoms with van der Waals surface area (Å²) < 4.78 is 0. The summed E-state index contributed by atoms with van der Waals surface area (Å²) >= 11 is 0. The van der Waals surface area contributed by atoms with E-state index in [0.717, 1.165) is 0 Å². The Balaban J connectivity index is 1.83. The predicted octanol–water partition coefficient (Wildman–Crippen LogP) is 2.83. The van der Waals surface area contributed by atoms with Gasteiger partial charge in [0.05, 0.1) is 17.1 Å². The van der Waals surface area contributed by atoms with E-state index in [0.29, 0.717) is 17.1 Å². The SMILES string of the molecule is CC1=NN(c2ccccc2)C(=O)C1C=Nc1ccc(O)c(C(=O)O)c1. The fourth-order valence-electron chi connectivity index (χ4n) is 2.44. The number of rotatable bonds is 4. The number of anilines is 1. The lowest BCUT2D eigenvalue weighted by atomic mass is 10.1. The standard InChI is InChI=1S/C18H15N3O4/c1-11-15(17(23)21(20-11)13-5-3-2-4-6-13)10-19-12-7-8-16(22)14(9-12)18(24)25/h2-10,15,22H,1H3,(H,24,25). The molecule has 0 fully saturated rings. The van der Waals surface area contributed by atoms with Crippen molar-refractivity contribution in [1.29, 1.82) is 0 Å². The van der Waals surface area contributed by atoms with E-state index >= 15 is 0 Å². The highest BCUT2D eigenvalue weighted by Crippen LogP contribution is 2.25. The summed E-state index contributed by atoms with van der Waals surface area (Å²) in [5, 5.41) is 24.1. The Kier molecular flexibility index (Phi) is 4.30. The number of carboxylic acids is 1. The molecule has 2 aromatic carbocycles. The number of nitrogens with zero attached hydrogens (tertiary/aromatic N) is 3. The third-order valence-electron chi connectivity index (χ3n) is 3.77. The van der Waals surface area contributed by atoms with Crippen LogP contribution in [0.25, 0.3) is 0 Å². The average molecular weight is 337 g/mol. The van der Waals surface area contributed by atoms with Crippen molar-refractivity contribution in [3.8, 4) is 5.75 Å². The molecule has 7 heteroatoms. The van der Waals surface area contributed by atoms with Gasteiger partial charge in [0.2, 0.25) is 0 Å². The van der Waals surface area contributed by atoms with Crippen LogP contribution in [0.2, 0.25) is 0 Å². The maximum Gasteiger partial charge on any atom is 0.339 e. The lowest BCUT2D eigenvalue weighted by molar-refractivity contribution is -0.118. The number of aromatic carboxylic acids is 1. The topological polar surface area (TPSA) is 103 Å². The number of aliphatic imine (C=N–C) groups is 1. The van der Waals surface area contributed by atoms with Crippen molar-refractivity contribution >= 4 is 35.2 Å². The molecule has 1 heterocycles. The monoisotopic (exact) mass is 337 g/mol. The van der Waals surface area contributed by atoms with Crippen LogP contribution in [0, 0.1) is 5.92 Å². The normalized spacial score (nSPS) is 17.2. The van der Waals surface area contributed by atoms with Gasteiger partial charge in [-0.1, -0.05) is 18.2 Å². The molecular formula is C18H15N3O4. The summed E-state index contributed by atoms with van der Waals surface area (Å²) in [6.07, 6.45) is 1.43. The number of benzene rings is 2. The molecule has 2 aromatic rings. The van der Waals surface area contributed by atoms with Crippen LogP contribution in [0.1, 0.15) is 17.3 Å². The molecule has 0 saturated carbocycles. The molecule has 1 aliphatic heterocycles. The van der Waals surface area contributed by atoms with Crippen molar-refractivity contribution in [1.82, 2.24) is 0 Å². The number of aromatic hydroxyl groups is 1. The molecule has 0 radical (unpaired) electrons. The Bertz CT molecular complexity index is 890. The molecule has 25 heavy (non-hydrogen) atoms. The summed E-state index contributed by atoms with van der Waals surface area (Å²) in [7, 11) is 0. The van der Waals surface area contributed by atoms with E-state index in [-0.39, 0.29) is 17.2 Å². The van der Waals surface area contributed by atoms with E-state index in [1.54, 1.807) is 19.1 Å². The molecule has 0 bridgehead atoms. The minimum absolute atomic E-state index is 0.232. The Morgan fingerprint density at radius 1 is 1.24 bits per heavy atom. The van der Waals surface area contributed by atoms with Crippen molar-refractivity contribution in [3.05, 3.63) is 54.1 Å². The summed E-state index contributed by atoms with van der Waals surface area (Å²) in [4.78, 5) is 27.8. The summed E-state index contributed by atoms with van der Waals surface area (Å²) in [6.45, 7) is 1.73. The van der Waals surface area contributed by atoms with Crippen molar-refractivity contribution in [2.75, 3.05) is 5.01 Å². The number of phenols is 1. The van der Waals surface area contributed by atoms with Crippen LogP contribution in [0.4, 0.5) is 11.4 Å². The Morgan fingerprint density at radius 2 is 1.96 bits per heavy atom. The zero-order chi connectivity index (χ0) is 18.0. The van der Waals surface area contributed by atoms with Gasteiger partial charge in [0.15, 0.2) is 0 Å². The number of para-hydroxylation sites is 1. The van der Waals surface area contributed by atoms with Crippen LogP contribution in [0.3, 0.4) is 0 Å². The first kappa shape index (κ1) is 16.4. The van der Waals surface area contributed by atoms with Crippen LogP contribution < -0.4 is 5.01 Å². The Labute approximate surface area is 143 Å². The van der Waals surface area contributed by atoms with Crippen molar-refractivity contribution in [2.24, 2.45) is 16.0 Å². The fourth-order valence-corrected chi connectivity index (χ4v) is 2.44. The number of hydrogen-bond acceptors (Lipinski definition) is 5. The number of carboxylic acid groups (broad SMARTS) is 1. The maximum atomic E-state index is 12.6. The minimum Gasteiger partial charge on any atom is -0.507 e. The van der Waals surface area contributed by atoms with E-state index < -0.39 is 11.9 Å². The van der Waals surface area contributed by atoms with E-state index in [1.165, 1.54) is 29.4 Å². The summed E-state index contributed by atoms with van der Waals surface area (Å²) in [5.41, 5.74) is 1.34. The van der Waals surface area contributed by atoms with Crippen LogP contribution in [-0.4, -0.2) is 34.0 Å². The molecule has 2 N–H and O–H groups in total. The first-order valence-electron chi connectivity index (χ1n) is 7.52. The van der Waals surface area contributed by atoms with Gasteiger partial charge < -0.3 is 10.2 Å². The molecule has 7 nitrogen and oxygen atoms in total. The van der Waals surface area contributed by atoms with Gasteiger partial charge in [-0.2, -0.15) is 10.1 Å². The molecule has 1 unspecified atom stereocenters. The third kappa shape index (κ3) is 3.25. The largest absolute Gasteiger partial charge is 0.507 e. The molecule has 0 spiro atoms. The first-order chi connectivity index (χ1) is 12.0. The van der Waals surface area contributed by atoms with Crippen molar-refractivity contribution < 1.29 is 19.8 Å². The smallest absolute Gasteiger partial charge is 0.339 e. The summed E-state index contributed by atoms with van der Waals surface area (Å²) in [5.74, 6) is -2.44. The molecule has 0 aliphatic carbocycles. The first-order valence-corrected chi connectivity index (χ1v) is 7.52. The zero-order valence-corrected chi connectivity index (χ0v) is 13.3. The van der Waals surface area contributed by atoms with Gasteiger partial charge in [0, 0.05) is 6.21 Å². The highest BCUT2D eigenvalue weighted by molar-refractivity contribution is 6.23. The Morgan fingerprint density at radius 3 is 2.64 bits per heavy atom. The lowest BCUT2D eigenvalue weighted by Gasteiger charge is -2.12. The van der Waals surface area contributed by atoms with Crippen LogP contribution in [0.15, 0.2) is 58.6 Å². The predicted molar refractivity (Wildman–Crippen MR) is 93.7 cm³/mol. The van der Waals surface area contributed by atoms with Gasteiger partial charge in [0.25, 0.3) is 5.91 Å². The Hall–Kier alpha value is -3.48. The number of carbonyl (C=O) groups is 2. The fraction of sp³-hybridized carbons (Fsp3) is 0.111. The van der Waals surface area contributed by atoms with Gasteiger partial charge in [0.1, 0.15) is 17.2 Å². The molecule has 1 atom stereocenters. The van der Waals surface area contributed by atoms with Gasteiger partial charge in [-0.15, -0.1) is 0 Å². The molecule has 0 saturated heterocycles. The van der Waals surface area contributed by atoms with E-state index in [9.17, 15) is 14.7 Å². The average Bonchev–Trinajstić information content (AvgIpc) is 2.89. The maximum absolute atomic E-state index is 12.6. The van der Waals surface area contributed by atoms with Crippen LogP contribution in [0.5, 0.6) is 5.75 Å². The van der Waals surface area contributed by atoms with Crippen molar-refractivity contribution in [3.63, 3.8) is 0 Å². The highest BCUT2D eigenvalue weighted by Gasteiger charge is 2.33. The second-order valence-electron chi connectivity index (χ2n) is 5.49. The third-order valence-corrected chi connectivity index (χ3v) is 3.77. The molecular weight excluding hydrogens is 322 g/mol. The van der Waals surface area contributed by atoms with Crippen LogP contribution in [-0.2, 0) is 4.79 Å². The summed E-state index contributed by atoms with van der Waals surface area (Å²) in [6, 6.07) is 13.0. The quantitative estimate of drug-likeness (QED) is 0.837. The highest BCUT2D eigenvalue weighted by atomic mass is 16.4. The van der Waals surface area contributed by atoms with Gasteiger partial charge >= 0.3 is 5.97 Å². The zero-order valence-electron chi connectivity index (χ0n) is 13.3. The van der Waals surface area contributed by atoms with Gasteiger partial charge in [-0.05, 0) is 37.3 Å². The van der Waals surface area contributed by atoms with E-state index in [2.05, 4.69) is 10.1 Å². The molecule has 126 valence electrons. The van der Waals surface area contributed by atoms with Gasteiger partial charge in [-0.3, -0.25) is 9.79 Å². The second kappa shape index (κ2) is 6.56. The van der Waals surface area contributed by atoms with Gasteiger partial charge in [-0.25, -0.2) is 4.79 Å². The molecule has 0 aromatic heterocycles. The van der Waals surface area contributed by atoms with Crippen molar-refractivity contribution in [2.45, 2.75) is 6.92 Å². The number of amides is 1. The van der Waals surface area contributed by atoms with Crippen LogP contribution >= 0.6 is 0 Å². The lowest BCUT2D eigenvalue weighted by Crippen LogP contribution is -2.27. The minimum atomic E-state index is -1.25. The second-order valence-corrected chi connectivity index (χ2v) is 5.49. The number of hydrogen-bond donors (Lipinski definition) is 2. The van der Waals surface area contributed by atoms with E-state index in [4.69, 9.17) is 5.11 Å². The number of carbonyl (C=O) groups excluding carboxylic acids is 1. The number of hydrazone groups is 1.